The highest BCUT2D eigenvalue weighted by molar-refractivity contribution is 6.17. The molecule has 0 aliphatic heterocycles. The van der Waals surface area contributed by atoms with Crippen molar-refractivity contribution in [2.75, 3.05) is 0 Å². The van der Waals surface area contributed by atoms with Crippen LogP contribution in [0.3, 0.4) is 0 Å². The van der Waals surface area contributed by atoms with Crippen molar-refractivity contribution in [2.45, 2.75) is 0 Å². The predicted molar refractivity (Wildman–Crippen MR) is 141 cm³/mol. The van der Waals surface area contributed by atoms with Crippen molar-refractivity contribution in [1.82, 2.24) is 15.0 Å². The maximum Gasteiger partial charge on any atom is 0.164 e. The minimum atomic E-state index is 0.638. The van der Waals surface area contributed by atoms with Gasteiger partial charge in [0.25, 0.3) is 0 Å². The lowest BCUT2D eigenvalue weighted by Crippen LogP contribution is -2.00. The van der Waals surface area contributed by atoms with Gasteiger partial charge in [-0.1, -0.05) is 103 Å². The Balaban J connectivity index is 1.50. The number of hydrogen-bond donors (Lipinski definition) is 0. The Morgan fingerprint density at radius 3 is 1.66 bits per heavy atom. The van der Waals surface area contributed by atoms with E-state index in [1.54, 1.807) is 0 Å². The molecule has 0 fully saturated rings. The number of hydrogen-bond acceptors (Lipinski definition) is 4. The van der Waals surface area contributed by atoms with Gasteiger partial charge in [0.2, 0.25) is 0 Å². The Labute approximate surface area is 201 Å². The van der Waals surface area contributed by atoms with Crippen LogP contribution in [0.5, 0.6) is 0 Å². The van der Waals surface area contributed by atoms with Gasteiger partial charge in [0, 0.05) is 32.8 Å². The van der Waals surface area contributed by atoms with Crippen LogP contribution in [-0.2, 0) is 0 Å². The number of nitrogens with zero attached hydrogens (tertiary/aromatic N) is 3. The molecule has 0 radical (unpaired) electrons. The van der Waals surface area contributed by atoms with E-state index in [0.717, 1.165) is 49.4 Å². The number of aromatic nitrogens is 3. The standard InChI is InChI=1S/C31H19N3O/c1-3-10-20(11-4-1)29-32-30(21-12-5-2-6-13-21)34-31(33-29)26-16-9-15-24-22(26)18-19-25-23-14-7-8-17-27(23)35-28(24)25/h1-19H. The van der Waals surface area contributed by atoms with Crippen LogP contribution in [0, 0.1) is 0 Å². The van der Waals surface area contributed by atoms with Crippen molar-refractivity contribution in [3.63, 3.8) is 0 Å². The van der Waals surface area contributed by atoms with Crippen LogP contribution in [0.4, 0.5) is 0 Å². The summed E-state index contributed by atoms with van der Waals surface area (Å²) < 4.78 is 6.29. The van der Waals surface area contributed by atoms with Crippen LogP contribution >= 0.6 is 0 Å². The highest BCUT2D eigenvalue weighted by Crippen LogP contribution is 2.37. The Morgan fingerprint density at radius 2 is 0.943 bits per heavy atom. The SMILES string of the molecule is c1ccc(-c2nc(-c3ccccc3)nc(-c3cccc4c3ccc3c5ccccc5oc43)n2)cc1. The van der Waals surface area contributed by atoms with E-state index in [9.17, 15) is 0 Å². The second-order valence-electron chi connectivity index (χ2n) is 8.48. The molecular formula is C31H19N3O. The molecule has 0 saturated heterocycles. The van der Waals surface area contributed by atoms with E-state index in [0.29, 0.717) is 17.5 Å². The third-order valence-electron chi connectivity index (χ3n) is 6.34. The molecule has 2 aromatic heterocycles. The number of benzene rings is 5. The molecule has 0 atom stereocenters. The molecule has 7 rings (SSSR count). The molecule has 5 aromatic carbocycles. The topological polar surface area (TPSA) is 51.8 Å². The van der Waals surface area contributed by atoms with Crippen molar-refractivity contribution in [3.05, 3.63) is 115 Å². The van der Waals surface area contributed by atoms with Gasteiger partial charge >= 0.3 is 0 Å². The summed E-state index contributed by atoms with van der Waals surface area (Å²) in [5, 5.41) is 4.31. The van der Waals surface area contributed by atoms with E-state index < -0.39 is 0 Å². The van der Waals surface area contributed by atoms with Gasteiger partial charge in [-0.3, -0.25) is 0 Å². The predicted octanol–water partition coefficient (Wildman–Crippen LogP) is 7.93. The number of rotatable bonds is 3. The molecule has 0 unspecified atom stereocenters. The molecule has 0 spiro atoms. The maximum absolute atomic E-state index is 6.29. The van der Waals surface area contributed by atoms with Gasteiger partial charge in [0.15, 0.2) is 17.5 Å². The van der Waals surface area contributed by atoms with Gasteiger partial charge < -0.3 is 4.42 Å². The van der Waals surface area contributed by atoms with Crippen LogP contribution in [-0.4, -0.2) is 15.0 Å². The molecule has 0 bridgehead atoms. The lowest BCUT2D eigenvalue weighted by molar-refractivity contribution is 0.672. The van der Waals surface area contributed by atoms with Gasteiger partial charge in [0.05, 0.1) is 0 Å². The largest absolute Gasteiger partial charge is 0.455 e. The van der Waals surface area contributed by atoms with Crippen LogP contribution in [0.25, 0.3) is 66.9 Å². The first kappa shape index (κ1) is 19.6. The summed E-state index contributed by atoms with van der Waals surface area (Å²) in [6.45, 7) is 0. The van der Waals surface area contributed by atoms with Gasteiger partial charge in [0.1, 0.15) is 11.2 Å². The first-order valence-electron chi connectivity index (χ1n) is 11.6. The van der Waals surface area contributed by atoms with E-state index in [-0.39, 0.29) is 0 Å². The summed E-state index contributed by atoms with van der Waals surface area (Å²) in [7, 11) is 0. The van der Waals surface area contributed by atoms with Crippen molar-refractivity contribution < 1.29 is 4.42 Å². The first-order chi connectivity index (χ1) is 17.3. The fourth-order valence-corrected chi connectivity index (χ4v) is 4.66. The molecule has 7 aromatic rings. The zero-order valence-electron chi connectivity index (χ0n) is 18.7. The summed E-state index contributed by atoms with van der Waals surface area (Å²) >= 11 is 0. The minimum absolute atomic E-state index is 0.638. The number of fused-ring (bicyclic) bond motifs is 5. The monoisotopic (exact) mass is 449 g/mol. The van der Waals surface area contributed by atoms with Crippen molar-refractivity contribution in [1.29, 1.82) is 0 Å². The summed E-state index contributed by atoms with van der Waals surface area (Å²) in [5.74, 6) is 1.94. The lowest BCUT2D eigenvalue weighted by atomic mass is 10.0. The second-order valence-corrected chi connectivity index (χ2v) is 8.48. The molecule has 0 aliphatic carbocycles. The van der Waals surface area contributed by atoms with E-state index in [1.165, 1.54) is 0 Å². The lowest BCUT2D eigenvalue weighted by Gasteiger charge is -2.10. The summed E-state index contributed by atoms with van der Waals surface area (Å²) in [4.78, 5) is 14.7. The molecule has 164 valence electrons. The summed E-state index contributed by atoms with van der Waals surface area (Å²) in [6.07, 6.45) is 0. The maximum atomic E-state index is 6.29. The number of para-hydroxylation sites is 1. The third-order valence-corrected chi connectivity index (χ3v) is 6.34. The van der Waals surface area contributed by atoms with Gasteiger partial charge in [-0.05, 0) is 17.5 Å². The smallest absolute Gasteiger partial charge is 0.164 e. The fourth-order valence-electron chi connectivity index (χ4n) is 4.66. The third kappa shape index (κ3) is 3.27. The zero-order valence-corrected chi connectivity index (χ0v) is 18.7. The van der Waals surface area contributed by atoms with Gasteiger partial charge in [-0.25, -0.2) is 15.0 Å². The normalized spacial score (nSPS) is 11.4. The van der Waals surface area contributed by atoms with Crippen molar-refractivity contribution in [2.24, 2.45) is 0 Å². The Morgan fingerprint density at radius 1 is 0.400 bits per heavy atom. The molecule has 4 heteroatoms. The minimum Gasteiger partial charge on any atom is -0.455 e. The van der Waals surface area contributed by atoms with Gasteiger partial charge in [-0.15, -0.1) is 0 Å². The highest BCUT2D eigenvalue weighted by atomic mass is 16.3. The molecular weight excluding hydrogens is 430 g/mol. The van der Waals surface area contributed by atoms with E-state index in [1.807, 2.05) is 84.9 Å². The van der Waals surface area contributed by atoms with Crippen LogP contribution < -0.4 is 0 Å². The summed E-state index contributed by atoms with van der Waals surface area (Å²) in [6, 6.07) is 38.7. The van der Waals surface area contributed by atoms with E-state index >= 15 is 0 Å². The molecule has 0 aliphatic rings. The van der Waals surface area contributed by atoms with Crippen molar-refractivity contribution >= 4 is 32.7 Å². The van der Waals surface area contributed by atoms with Crippen LogP contribution in [0.15, 0.2) is 120 Å². The molecule has 4 nitrogen and oxygen atoms in total. The molecule has 0 N–H and O–H groups in total. The Kier molecular flexibility index (Phi) is 4.42. The average molecular weight is 450 g/mol. The molecule has 0 amide bonds. The Bertz CT molecular complexity index is 1780. The average Bonchev–Trinajstić information content (AvgIpc) is 3.33. The van der Waals surface area contributed by atoms with E-state index in [2.05, 4.69) is 30.3 Å². The van der Waals surface area contributed by atoms with E-state index in [4.69, 9.17) is 19.4 Å². The second kappa shape index (κ2) is 7.89. The molecule has 2 heterocycles. The zero-order chi connectivity index (χ0) is 23.2. The highest BCUT2D eigenvalue weighted by Gasteiger charge is 2.16. The van der Waals surface area contributed by atoms with Gasteiger partial charge in [-0.2, -0.15) is 0 Å². The Hall–Kier alpha value is -4.83. The fraction of sp³-hybridized carbons (Fsp3) is 0. The van der Waals surface area contributed by atoms with Crippen LogP contribution in [0.1, 0.15) is 0 Å². The summed E-state index contributed by atoms with van der Waals surface area (Å²) in [5.41, 5.74) is 4.62. The quantitative estimate of drug-likeness (QED) is 0.275. The molecule has 0 saturated carbocycles. The van der Waals surface area contributed by atoms with Crippen LogP contribution in [0.2, 0.25) is 0 Å². The molecule has 35 heavy (non-hydrogen) atoms. The number of furan rings is 1. The van der Waals surface area contributed by atoms with Crippen molar-refractivity contribution in [3.8, 4) is 34.2 Å². The first-order valence-corrected chi connectivity index (χ1v) is 11.6.